The summed E-state index contributed by atoms with van der Waals surface area (Å²) < 4.78 is 0. The average Bonchev–Trinajstić information content (AvgIpc) is 2.15. The number of hydrogen-bond acceptors (Lipinski definition) is 3. The lowest BCUT2D eigenvalue weighted by molar-refractivity contribution is 0.558. The molecule has 1 heterocycles. The maximum Gasteiger partial charge on any atom is 0.134 e. The summed E-state index contributed by atoms with van der Waals surface area (Å²) in [5.41, 5.74) is 2.50. The van der Waals surface area contributed by atoms with E-state index in [1.165, 1.54) is 5.56 Å². The molecule has 0 spiro atoms. The van der Waals surface area contributed by atoms with E-state index < -0.39 is 0 Å². The predicted octanol–water partition coefficient (Wildman–Crippen LogP) is 2.40. The van der Waals surface area contributed by atoms with Gasteiger partial charge in [0.15, 0.2) is 0 Å². The second-order valence-electron chi connectivity index (χ2n) is 5.02. The van der Waals surface area contributed by atoms with Crippen LogP contribution >= 0.6 is 0 Å². The maximum absolute atomic E-state index is 4.43. The fraction of sp³-hybridized carbons (Fsp3) is 0.667. The smallest absolute Gasteiger partial charge is 0.134 e. The van der Waals surface area contributed by atoms with E-state index >= 15 is 0 Å². The predicted molar refractivity (Wildman–Crippen MR) is 64.4 cm³/mol. The second-order valence-corrected chi connectivity index (χ2v) is 5.02. The van der Waals surface area contributed by atoms with Crippen LogP contribution in [-0.4, -0.2) is 24.1 Å². The van der Waals surface area contributed by atoms with E-state index in [0.29, 0.717) is 0 Å². The number of anilines is 1. The summed E-state index contributed by atoms with van der Waals surface area (Å²) in [5.74, 6) is 1.04. The van der Waals surface area contributed by atoms with Gasteiger partial charge in [0.2, 0.25) is 0 Å². The third-order valence-electron chi connectivity index (χ3n) is 2.41. The fourth-order valence-electron chi connectivity index (χ4n) is 1.76. The molecule has 0 aromatic carbocycles. The molecule has 0 atom stereocenters. The Morgan fingerprint density at radius 2 is 1.80 bits per heavy atom. The molecule has 3 nitrogen and oxygen atoms in total. The van der Waals surface area contributed by atoms with Crippen LogP contribution in [-0.2, 0) is 11.8 Å². The molecule has 84 valence electrons. The molecule has 1 aromatic heterocycles. The summed E-state index contributed by atoms with van der Waals surface area (Å²) in [5, 5.41) is 0. The minimum atomic E-state index is 0.0824. The van der Waals surface area contributed by atoms with Gasteiger partial charge < -0.3 is 4.90 Å². The first-order valence-corrected chi connectivity index (χ1v) is 5.39. The highest BCUT2D eigenvalue weighted by Crippen LogP contribution is 2.28. The van der Waals surface area contributed by atoms with E-state index in [0.717, 1.165) is 17.9 Å². The van der Waals surface area contributed by atoms with E-state index in [2.05, 4.69) is 42.6 Å². The molecule has 0 aliphatic rings. The van der Waals surface area contributed by atoms with Crippen molar-refractivity contribution in [2.24, 2.45) is 0 Å². The van der Waals surface area contributed by atoms with Gasteiger partial charge >= 0.3 is 0 Å². The van der Waals surface area contributed by atoms with Gasteiger partial charge in [-0.25, -0.2) is 9.97 Å². The first-order chi connectivity index (χ1) is 6.88. The molecule has 0 saturated carbocycles. The van der Waals surface area contributed by atoms with Crippen LogP contribution in [0.15, 0.2) is 6.33 Å². The third kappa shape index (κ3) is 2.46. The molecule has 1 rings (SSSR count). The molecule has 3 heteroatoms. The summed E-state index contributed by atoms with van der Waals surface area (Å²) in [6.07, 6.45) is 2.63. The highest BCUT2D eigenvalue weighted by Gasteiger charge is 2.22. The molecule has 0 N–H and O–H groups in total. The minimum absolute atomic E-state index is 0.0824. The van der Waals surface area contributed by atoms with Crippen LogP contribution in [0.5, 0.6) is 0 Å². The van der Waals surface area contributed by atoms with Crippen LogP contribution < -0.4 is 4.90 Å². The van der Waals surface area contributed by atoms with Crippen molar-refractivity contribution < 1.29 is 0 Å². The SMILES string of the molecule is CCc1c(N(C)C)ncnc1C(C)(C)C. The highest BCUT2D eigenvalue weighted by atomic mass is 15.1. The van der Waals surface area contributed by atoms with Crippen LogP contribution in [0, 0.1) is 0 Å². The van der Waals surface area contributed by atoms with Crippen molar-refractivity contribution in [1.82, 2.24) is 9.97 Å². The van der Waals surface area contributed by atoms with Gasteiger partial charge in [-0.3, -0.25) is 0 Å². The minimum Gasteiger partial charge on any atom is -0.362 e. The molecular weight excluding hydrogens is 186 g/mol. The zero-order valence-corrected chi connectivity index (χ0v) is 10.6. The Balaban J connectivity index is 3.35. The zero-order chi connectivity index (χ0) is 11.6. The molecule has 1 aromatic rings. The molecule has 0 radical (unpaired) electrons. The molecular formula is C12H21N3. The van der Waals surface area contributed by atoms with Crippen LogP contribution in [0.3, 0.4) is 0 Å². The summed E-state index contributed by atoms with van der Waals surface area (Å²) in [6, 6.07) is 0. The van der Waals surface area contributed by atoms with Crippen LogP contribution in [0.2, 0.25) is 0 Å². The van der Waals surface area contributed by atoms with Crippen molar-refractivity contribution in [3.8, 4) is 0 Å². The maximum atomic E-state index is 4.43. The molecule has 0 fully saturated rings. The first kappa shape index (κ1) is 12.0. The molecule has 0 saturated heterocycles. The lowest BCUT2D eigenvalue weighted by Gasteiger charge is -2.24. The Labute approximate surface area is 92.6 Å². The monoisotopic (exact) mass is 207 g/mol. The van der Waals surface area contributed by atoms with E-state index in [1.807, 2.05) is 14.1 Å². The largest absolute Gasteiger partial charge is 0.362 e. The summed E-state index contributed by atoms with van der Waals surface area (Å²) in [4.78, 5) is 10.8. The number of nitrogens with zero attached hydrogens (tertiary/aromatic N) is 3. The average molecular weight is 207 g/mol. The number of aromatic nitrogens is 2. The van der Waals surface area contributed by atoms with Crippen molar-refractivity contribution in [1.29, 1.82) is 0 Å². The Kier molecular flexibility index (Phi) is 3.32. The lowest BCUT2D eigenvalue weighted by atomic mass is 9.88. The quantitative estimate of drug-likeness (QED) is 0.745. The third-order valence-corrected chi connectivity index (χ3v) is 2.41. The van der Waals surface area contributed by atoms with Gasteiger partial charge in [0, 0.05) is 25.1 Å². The van der Waals surface area contributed by atoms with Crippen LogP contribution in [0.1, 0.15) is 39.0 Å². The van der Waals surface area contributed by atoms with Crippen molar-refractivity contribution in [2.45, 2.75) is 39.5 Å². The van der Waals surface area contributed by atoms with Crippen molar-refractivity contribution in [3.05, 3.63) is 17.6 Å². The Hall–Kier alpha value is -1.12. The van der Waals surface area contributed by atoms with E-state index in [4.69, 9.17) is 0 Å². The van der Waals surface area contributed by atoms with Gasteiger partial charge in [0.05, 0.1) is 5.69 Å². The Morgan fingerprint density at radius 1 is 1.20 bits per heavy atom. The summed E-state index contributed by atoms with van der Waals surface area (Å²) in [6.45, 7) is 8.72. The van der Waals surface area contributed by atoms with Gasteiger partial charge in [0.25, 0.3) is 0 Å². The van der Waals surface area contributed by atoms with E-state index in [-0.39, 0.29) is 5.41 Å². The van der Waals surface area contributed by atoms with Crippen LogP contribution in [0.25, 0.3) is 0 Å². The standard InChI is InChI=1S/C12H21N3/c1-7-9-10(12(2,3)4)13-8-14-11(9)15(5)6/h8H,7H2,1-6H3. The number of hydrogen-bond donors (Lipinski definition) is 0. The van der Waals surface area contributed by atoms with Gasteiger partial charge in [0.1, 0.15) is 12.1 Å². The topological polar surface area (TPSA) is 29.0 Å². The molecule has 0 unspecified atom stereocenters. The van der Waals surface area contributed by atoms with Crippen molar-refractivity contribution in [2.75, 3.05) is 19.0 Å². The van der Waals surface area contributed by atoms with E-state index in [1.54, 1.807) is 6.33 Å². The summed E-state index contributed by atoms with van der Waals surface area (Å²) >= 11 is 0. The van der Waals surface area contributed by atoms with E-state index in [9.17, 15) is 0 Å². The molecule has 0 aliphatic carbocycles. The fourth-order valence-corrected chi connectivity index (χ4v) is 1.76. The van der Waals surface area contributed by atoms with Crippen molar-refractivity contribution >= 4 is 5.82 Å². The normalized spacial score (nSPS) is 11.6. The summed E-state index contributed by atoms with van der Waals surface area (Å²) in [7, 11) is 4.04. The van der Waals surface area contributed by atoms with Gasteiger partial charge in [-0.05, 0) is 6.42 Å². The Bertz CT molecular complexity index is 337. The van der Waals surface area contributed by atoms with Crippen molar-refractivity contribution in [3.63, 3.8) is 0 Å². The van der Waals surface area contributed by atoms with Gasteiger partial charge in [-0.15, -0.1) is 0 Å². The molecule has 15 heavy (non-hydrogen) atoms. The highest BCUT2D eigenvalue weighted by molar-refractivity contribution is 5.48. The molecule has 0 aliphatic heterocycles. The Morgan fingerprint density at radius 3 is 2.20 bits per heavy atom. The van der Waals surface area contributed by atoms with Gasteiger partial charge in [-0.2, -0.15) is 0 Å². The lowest BCUT2D eigenvalue weighted by Crippen LogP contribution is -2.21. The first-order valence-electron chi connectivity index (χ1n) is 5.39. The van der Waals surface area contributed by atoms with Crippen LogP contribution in [0.4, 0.5) is 5.82 Å². The zero-order valence-electron chi connectivity index (χ0n) is 10.6. The second kappa shape index (κ2) is 4.17. The molecule has 0 amide bonds. The molecule has 0 bridgehead atoms. The van der Waals surface area contributed by atoms with Gasteiger partial charge in [-0.1, -0.05) is 27.7 Å². The number of rotatable bonds is 2.